The SMILES string of the molecule is CCOC(=O)c1c(CC(C)C)csc1NC(=O)COc1ccc(C#N)cc1OC. The van der Waals surface area contributed by atoms with Gasteiger partial charge in [0.2, 0.25) is 0 Å². The van der Waals surface area contributed by atoms with Crippen molar-refractivity contribution in [1.82, 2.24) is 0 Å². The van der Waals surface area contributed by atoms with E-state index in [1.807, 2.05) is 11.4 Å². The second kappa shape index (κ2) is 10.5. The fourth-order valence-electron chi connectivity index (χ4n) is 2.67. The molecule has 7 nitrogen and oxygen atoms in total. The van der Waals surface area contributed by atoms with Crippen molar-refractivity contribution >= 4 is 28.2 Å². The van der Waals surface area contributed by atoms with Crippen LogP contribution in [0.4, 0.5) is 5.00 Å². The van der Waals surface area contributed by atoms with Gasteiger partial charge in [0.15, 0.2) is 18.1 Å². The summed E-state index contributed by atoms with van der Waals surface area (Å²) in [6.45, 7) is 5.84. The summed E-state index contributed by atoms with van der Waals surface area (Å²) in [5.41, 5.74) is 1.68. The highest BCUT2D eigenvalue weighted by molar-refractivity contribution is 7.15. The van der Waals surface area contributed by atoms with E-state index in [4.69, 9.17) is 19.5 Å². The molecule has 2 aromatic rings. The summed E-state index contributed by atoms with van der Waals surface area (Å²) in [6, 6.07) is 6.69. The average Bonchev–Trinajstić information content (AvgIpc) is 3.07. The molecule has 1 heterocycles. The number of carbonyl (C=O) groups excluding carboxylic acids is 2. The molecule has 0 fully saturated rings. The van der Waals surface area contributed by atoms with Crippen LogP contribution in [0.25, 0.3) is 0 Å². The third kappa shape index (κ3) is 5.96. The standard InChI is InChI=1S/C21H24N2O5S/c1-5-27-21(25)19-15(8-13(2)3)12-29-20(19)23-18(24)11-28-16-7-6-14(10-22)9-17(16)26-4/h6-7,9,12-13H,5,8,11H2,1-4H3,(H,23,24). The first-order valence-electron chi connectivity index (χ1n) is 9.17. The van der Waals surface area contributed by atoms with E-state index in [9.17, 15) is 9.59 Å². The number of hydrogen-bond acceptors (Lipinski definition) is 7. The van der Waals surface area contributed by atoms with Gasteiger partial charge in [-0.05, 0) is 42.3 Å². The van der Waals surface area contributed by atoms with Crippen LogP contribution in [0.15, 0.2) is 23.6 Å². The Bertz CT molecular complexity index is 914. The zero-order valence-corrected chi connectivity index (χ0v) is 17.7. The van der Waals surface area contributed by atoms with E-state index >= 15 is 0 Å². The largest absolute Gasteiger partial charge is 0.493 e. The maximum absolute atomic E-state index is 12.4. The fraction of sp³-hybridized carbons (Fsp3) is 0.381. The lowest BCUT2D eigenvalue weighted by atomic mass is 10.0. The Labute approximate surface area is 174 Å². The van der Waals surface area contributed by atoms with Gasteiger partial charge >= 0.3 is 5.97 Å². The molecule has 1 aromatic carbocycles. The van der Waals surface area contributed by atoms with Gasteiger partial charge in [0.05, 0.1) is 30.9 Å². The molecule has 0 aliphatic rings. The van der Waals surface area contributed by atoms with Gasteiger partial charge in [-0.15, -0.1) is 11.3 Å². The Kier molecular flexibility index (Phi) is 8.04. The molecule has 2 rings (SSSR count). The van der Waals surface area contributed by atoms with Crippen LogP contribution < -0.4 is 14.8 Å². The molecule has 0 saturated heterocycles. The fourth-order valence-corrected chi connectivity index (χ4v) is 3.64. The van der Waals surface area contributed by atoms with Crippen LogP contribution in [0.1, 0.15) is 42.3 Å². The van der Waals surface area contributed by atoms with Crippen LogP contribution in [0.5, 0.6) is 11.5 Å². The van der Waals surface area contributed by atoms with Crippen molar-refractivity contribution < 1.29 is 23.8 Å². The number of anilines is 1. The van der Waals surface area contributed by atoms with E-state index < -0.39 is 11.9 Å². The lowest BCUT2D eigenvalue weighted by Gasteiger charge is -2.12. The number of ether oxygens (including phenoxy) is 3. The lowest BCUT2D eigenvalue weighted by molar-refractivity contribution is -0.118. The highest BCUT2D eigenvalue weighted by Crippen LogP contribution is 2.31. The first kappa shape index (κ1) is 22.2. The molecule has 1 N–H and O–H groups in total. The molecule has 0 saturated carbocycles. The van der Waals surface area contributed by atoms with Gasteiger partial charge in [-0.25, -0.2) is 4.79 Å². The number of thiophene rings is 1. The number of esters is 1. The Hall–Kier alpha value is -3.05. The normalized spacial score (nSPS) is 10.3. The minimum absolute atomic E-state index is 0.255. The maximum Gasteiger partial charge on any atom is 0.341 e. The molecule has 0 radical (unpaired) electrons. The van der Waals surface area contributed by atoms with Gasteiger partial charge in [0, 0.05) is 6.07 Å². The van der Waals surface area contributed by atoms with Crippen molar-refractivity contribution in [1.29, 1.82) is 5.26 Å². The molecule has 1 amide bonds. The number of nitrogens with one attached hydrogen (secondary N) is 1. The van der Waals surface area contributed by atoms with E-state index in [0.29, 0.717) is 40.0 Å². The maximum atomic E-state index is 12.4. The first-order valence-corrected chi connectivity index (χ1v) is 10.1. The number of rotatable bonds is 9. The van der Waals surface area contributed by atoms with Crippen LogP contribution in [0.3, 0.4) is 0 Å². The minimum atomic E-state index is -0.450. The molecular weight excluding hydrogens is 392 g/mol. The monoisotopic (exact) mass is 416 g/mol. The molecule has 0 atom stereocenters. The van der Waals surface area contributed by atoms with Crippen molar-refractivity contribution in [3.05, 3.63) is 40.3 Å². The van der Waals surface area contributed by atoms with Crippen molar-refractivity contribution in [2.24, 2.45) is 5.92 Å². The molecule has 1 aromatic heterocycles. The van der Waals surface area contributed by atoms with E-state index in [1.165, 1.54) is 24.5 Å². The molecule has 8 heteroatoms. The van der Waals surface area contributed by atoms with Crippen LogP contribution in [-0.4, -0.2) is 32.2 Å². The number of amides is 1. The zero-order valence-electron chi connectivity index (χ0n) is 16.9. The molecule has 0 bridgehead atoms. The third-order valence-electron chi connectivity index (χ3n) is 3.88. The number of methoxy groups -OCH3 is 1. The average molecular weight is 416 g/mol. The molecule has 154 valence electrons. The lowest BCUT2D eigenvalue weighted by Crippen LogP contribution is -2.21. The van der Waals surface area contributed by atoms with Gasteiger partial charge in [-0.1, -0.05) is 13.8 Å². The van der Waals surface area contributed by atoms with E-state index in [-0.39, 0.29) is 13.2 Å². The van der Waals surface area contributed by atoms with Gasteiger partial charge in [-0.3, -0.25) is 4.79 Å². The molecular formula is C21H24N2O5S. The van der Waals surface area contributed by atoms with Crippen LogP contribution in [-0.2, 0) is 16.0 Å². The Balaban J connectivity index is 2.12. The van der Waals surface area contributed by atoms with E-state index in [1.54, 1.807) is 19.1 Å². The number of benzene rings is 1. The number of nitrogens with zero attached hydrogens (tertiary/aromatic N) is 1. The second-order valence-electron chi connectivity index (χ2n) is 6.60. The van der Waals surface area contributed by atoms with Crippen LogP contribution >= 0.6 is 11.3 Å². The van der Waals surface area contributed by atoms with Gasteiger partial charge in [0.1, 0.15) is 5.00 Å². The second-order valence-corrected chi connectivity index (χ2v) is 7.48. The predicted octanol–water partition coefficient (Wildman–Crippen LogP) is 4.02. The highest BCUT2D eigenvalue weighted by atomic mass is 32.1. The predicted molar refractivity (Wildman–Crippen MR) is 111 cm³/mol. The topological polar surface area (TPSA) is 97.6 Å². The summed E-state index contributed by atoms with van der Waals surface area (Å²) >= 11 is 1.29. The Morgan fingerprint density at radius 3 is 2.66 bits per heavy atom. The van der Waals surface area contributed by atoms with Crippen molar-refractivity contribution in [3.8, 4) is 17.6 Å². The molecule has 0 spiro atoms. The Morgan fingerprint density at radius 2 is 2.03 bits per heavy atom. The smallest absolute Gasteiger partial charge is 0.341 e. The van der Waals surface area contributed by atoms with Crippen LogP contribution in [0, 0.1) is 17.2 Å². The minimum Gasteiger partial charge on any atom is -0.493 e. The zero-order chi connectivity index (χ0) is 21.4. The summed E-state index contributed by atoms with van der Waals surface area (Å²) < 4.78 is 15.9. The summed E-state index contributed by atoms with van der Waals surface area (Å²) in [5.74, 6) is 0.196. The molecule has 0 aliphatic carbocycles. The number of hydrogen-bond donors (Lipinski definition) is 1. The molecule has 0 aliphatic heterocycles. The van der Waals surface area contributed by atoms with Crippen molar-refractivity contribution in [2.45, 2.75) is 27.2 Å². The van der Waals surface area contributed by atoms with Crippen LogP contribution in [0.2, 0.25) is 0 Å². The summed E-state index contributed by atoms with van der Waals surface area (Å²) in [4.78, 5) is 24.8. The molecule has 0 unspecified atom stereocenters. The first-order chi connectivity index (χ1) is 13.9. The summed E-state index contributed by atoms with van der Waals surface area (Å²) in [6.07, 6.45) is 0.708. The van der Waals surface area contributed by atoms with Crippen molar-refractivity contribution in [3.63, 3.8) is 0 Å². The quantitative estimate of drug-likeness (QED) is 0.620. The molecule has 29 heavy (non-hydrogen) atoms. The van der Waals surface area contributed by atoms with Gasteiger partial charge in [0.25, 0.3) is 5.91 Å². The summed E-state index contributed by atoms with van der Waals surface area (Å²) in [7, 11) is 1.46. The van der Waals surface area contributed by atoms with E-state index in [0.717, 1.165) is 5.56 Å². The summed E-state index contributed by atoms with van der Waals surface area (Å²) in [5, 5.41) is 14.0. The van der Waals surface area contributed by atoms with Crippen molar-refractivity contribution in [2.75, 3.05) is 25.6 Å². The Morgan fingerprint density at radius 1 is 1.28 bits per heavy atom. The van der Waals surface area contributed by atoms with Gasteiger partial charge < -0.3 is 19.5 Å². The highest BCUT2D eigenvalue weighted by Gasteiger charge is 2.22. The number of carbonyl (C=O) groups is 2. The van der Waals surface area contributed by atoms with Gasteiger partial charge in [-0.2, -0.15) is 5.26 Å². The third-order valence-corrected chi connectivity index (χ3v) is 4.82. The van der Waals surface area contributed by atoms with E-state index in [2.05, 4.69) is 19.2 Å². The number of nitriles is 1.